The number of hydrogen-bond acceptors (Lipinski definition) is 6. The molecule has 88 valence electrons. The minimum absolute atomic E-state index is 0.0351. The molecule has 7 nitrogen and oxygen atoms in total. The molecule has 2 heterocycles. The molecule has 1 amide bonds. The van der Waals surface area contributed by atoms with Crippen LogP contribution < -0.4 is 10.9 Å². The summed E-state index contributed by atoms with van der Waals surface area (Å²) in [7, 11) is 0. The standard InChI is InChI=1S/C9H8BrN5O2/c1-5-12-8(15-17-5)9(16)14-13-7-3-2-6(10)4-11-7/h2-4H,1H3,(H,11,13)(H,14,16). The van der Waals surface area contributed by atoms with Gasteiger partial charge in [0.2, 0.25) is 5.89 Å². The van der Waals surface area contributed by atoms with E-state index in [1.807, 2.05) is 0 Å². The van der Waals surface area contributed by atoms with E-state index in [1.54, 1.807) is 25.3 Å². The Morgan fingerprint density at radius 3 is 2.88 bits per heavy atom. The van der Waals surface area contributed by atoms with Crippen molar-refractivity contribution >= 4 is 27.7 Å². The van der Waals surface area contributed by atoms with Crippen molar-refractivity contribution in [3.8, 4) is 0 Å². The normalized spacial score (nSPS) is 10.0. The van der Waals surface area contributed by atoms with Gasteiger partial charge in [-0.15, -0.1) is 0 Å². The number of carbonyl (C=O) groups excluding carboxylic acids is 1. The molecule has 8 heteroatoms. The molecule has 2 N–H and O–H groups in total. The molecule has 0 saturated heterocycles. The minimum Gasteiger partial charge on any atom is -0.339 e. The molecule has 0 aromatic carbocycles. The fourth-order valence-corrected chi connectivity index (χ4v) is 1.25. The van der Waals surface area contributed by atoms with Gasteiger partial charge in [-0.1, -0.05) is 5.16 Å². The lowest BCUT2D eigenvalue weighted by molar-refractivity contribution is 0.0949. The summed E-state index contributed by atoms with van der Waals surface area (Å²) in [4.78, 5) is 19.3. The molecule has 0 aliphatic rings. The number of aromatic nitrogens is 3. The zero-order valence-electron chi connectivity index (χ0n) is 8.77. The summed E-state index contributed by atoms with van der Waals surface area (Å²) in [5.41, 5.74) is 5.02. The van der Waals surface area contributed by atoms with E-state index in [0.29, 0.717) is 11.7 Å². The Morgan fingerprint density at radius 1 is 1.47 bits per heavy atom. The van der Waals surface area contributed by atoms with Crippen LogP contribution in [0, 0.1) is 6.92 Å². The highest BCUT2D eigenvalue weighted by Crippen LogP contribution is 2.09. The van der Waals surface area contributed by atoms with E-state index in [0.717, 1.165) is 4.47 Å². The number of aryl methyl sites for hydroxylation is 1. The first-order valence-electron chi connectivity index (χ1n) is 4.63. The van der Waals surface area contributed by atoms with Gasteiger partial charge in [-0.2, -0.15) is 4.98 Å². The number of carbonyl (C=O) groups is 1. The third-order valence-corrected chi connectivity index (χ3v) is 2.23. The van der Waals surface area contributed by atoms with E-state index in [-0.39, 0.29) is 5.82 Å². The van der Waals surface area contributed by atoms with Gasteiger partial charge in [-0.3, -0.25) is 15.6 Å². The van der Waals surface area contributed by atoms with Crippen LogP contribution in [0.4, 0.5) is 5.82 Å². The van der Waals surface area contributed by atoms with E-state index in [2.05, 4.69) is 46.4 Å². The monoisotopic (exact) mass is 297 g/mol. The highest BCUT2D eigenvalue weighted by Gasteiger charge is 2.12. The summed E-state index contributed by atoms with van der Waals surface area (Å²) in [6, 6.07) is 3.49. The fourth-order valence-electron chi connectivity index (χ4n) is 1.02. The Morgan fingerprint density at radius 2 is 2.29 bits per heavy atom. The molecule has 0 spiro atoms. The second kappa shape index (κ2) is 4.91. The summed E-state index contributed by atoms with van der Waals surface area (Å²) >= 11 is 3.25. The van der Waals surface area contributed by atoms with Crippen LogP contribution in [0.5, 0.6) is 0 Å². The summed E-state index contributed by atoms with van der Waals surface area (Å²) in [5, 5.41) is 3.48. The van der Waals surface area contributed by atoms with Crippen LogP contribution in [0.25, 0.3) is 0 Å². The molecule has 2 aromatic rings. The van der Waals surface area contributed by atoms with E-state index < -0.39 is 5.91 Å². The van der Waals surface area contributed by atoms with Crippen molar-refractivity contribution in [3.05, 3.63) is 34.5 Å². The average Bonchev–Trinajstić information content (AvgIpc) is 2.75. The van der Waals surface area contributed by atoms with E-state index in [9.17, 15) is 4.79 Å². The van der Waals surface area contributed by atoms with E-state index >= 15 is 0 Å². The topological polar surface area (TPSA) is 92.9 Å². The van der Waals surface area contributed by atoms with Crippen LogP contribution in [0.1, 0.15) is 16.5 Å². The zero-order valence-corrected chi connectivity index (χ0v) is 10.4. The maximum Gasteiger partial charge on any atom is 0.311 e. The molecule has 2 aromatic heterocycles. The Labute approximate surface area is 105 Å². The summed E-state index contributed by atoms with van der Waals surface area (Å²) in [5.74, 6) is 0.303. The van der Waals surface area contributed by atoms with Gasteiger partial charge >= 0.3 is 5.91 Å². The molecule has 0 bridgehead atoms. The molecule has 2 rings (SSSR count). The van der Waals surface area contributed by atoms with Crippen LogP contribution in [0.2, 0.25) is 0 Å². The number of nitrogens with one attached hydrogen (secondary N) is 2. The number of hydrazine groups is 1. The van der Waals surface area contributed by atoms with E-state index in [4.69, 9.17) is 0 Å². The number of anilines is 1. The SMILES string of the molecule is Cc1nc(C(=O)NNc2ccc(Br)cn2)no1. The molecule has 0 fully saturated rings. The molecular weight excluding hydrogens is 290 g/mol. The molecule has 17 heavy (non-hydrogen) atoms. The van der Waals surface area contributed by atoms with Gasteiger partial charge in [-0.05, 0) is 28.1 Å². The van der Waals surface area contributed by atoms with Gasteiger partial charge in [0.15, 0.2) is 0 Å². The lowest BCUT2D eigenvalue weighted by atomic mass is 10.5. The van der Waals surface area contributed by atoms with Gasteiger partial charge in [0.05, 0.1) is 0 Å². The number of rotatable bonds is 3. The maximum atomic E-state index is 11.5. The number of amides is 1. The number of pyridine rings is 1. The first kappa shape index (κ1) is 11.5. The van der Waals surface area contributed by atoms with Crippen molar-refractivity contribution in [2.24, 2.45) is 0 Å². The highest BCUT2D eigenvalue weighted by molar-refractivity contribution is 9.10. The molecule has 0 radical (unpaired) electrons. The third kappa shape index (κ3) is 3.00. The van der Waals surface area contributed by atoms with Crippen LogP contribution >= 0.6 is 15.9 Å². The first-order valence-corrected chi connectivity index (χ1v) is 5.42. The molecule has 0 unspecified atom stereocenters. The first-order chi connectivity index (χ1) is 8.15. The van der Waals surface area contributed by atoms with Crippen molar-refractivity contribution in [1.29, 1.82) is 0 Å². The number of nitrogens with zero attached hydrogens (tertiary/aromatic N) is 3. The highest BCUT2D eigenvalue weighted by atomic mass is 79.9. The van der Waals surface area contributed by atoms with Gasteiger partial charge in [-0.25, -0.2) is 4.98 Å². The Balaban J connectivity index is 1.94. The largest absolute Gasteiger partial charge is 0.339 e. The fraction of sp³-hybridized carbons (Fsp3) is 0.111. The Bertz CT molecular complexity index is 524. The van der Waals surface area contributed by atoms with Crippen molar-refractivity contribution in [3.63, 3.8) is 0 Å². The van der Waals surface area contributed by atoms with Gasteiger partial charge < -0.3 is 4.52 Å². The van der Waals surface area contributed by atoms with Crippen LogP contribution in [-0.4, -0.2) is 21.0 Å². The van der Waals surface area contributed by atoms with Crippen molar-refractivity contribution in [1.82, 2.24) is 20.6 Å². The van der Waals surface area contributed by atoms with Crippen LogP contribution in [0.15, 0.2) is 27.3 Å². The van der Waals surface area contributed by atoms with Gasteiger partial charge in [0.1, 0.15) is 5.82 Å². The molecule has 0 saturated carbocycles. The third-order valence-electron chi connectivity index (χ3n) is 1.76. The molecule has 0 aliphatic heterocycles. The minimum atomic E-state index is -0.494. The molecular formula is C9H8BrN5O2. The smallest absolute Gasteiger partial charge is 0.311 e. The second-order valence-electron chi connectivity index (χ2n) is 3.08. The van der Waals surface area contributed by atoms with Crippen LogP contribution in [0.3, 0.4) is 0 Å². The Hall–Kier alpha value is -1.96. The predicted octanol–water partition coefficient (Wildman–Crippen LogP) is 1.29. The summed E-state index contributed by atoms with van der Waals surface area (Å²) in [6.45, 7) is 1.60. The van der Waals surface area contributed by atoms with Crippen molar-refractivity contribution < 1.29 is 9.32 Å². The number of hydrogen-bond donors (Lipinski definition) is 2. The Kier molecular flexibility index (Phi) is 3.33. The van der Waals surface area contributed by atoms with Crippen molar-refractivity contribution in [2.75, 3.05) is 5.43 Å². The van der Waals surface area contributed by atoms with Gasteiger partial charge in [0, 0.05) is 17.6 Å². The zero-order chi connectivity index (χ0) is 12.3. The van der Waals surface area contributed by atoms with E-state index in [1.165, 1.54) is 0 Å². The van der Waals surface area contributed by atoms with Crippen LogP contribution in [-0.2, 0) is 0 Å². The maximum absolute atomic E-state index is 11.5. The lowest BCUT2D eigenvalue weighted by Gasteiger charge is -2.04. The van der Waals surface area contributed by atoms with Gasteiger partial charge in [0.25, 0.3) is 5.82 Å². The summed E-state index contributed by atoms with van der Waals surface area (Å²) in [6.07, 6.45) is 1.60. The van der Waals surface area contributed by atoms with Crippen molar-refractivity contribution in [2.45, 2.75) is 6.92 Å². The molecule has 0 aliphatic carbocycles. The number of halogens is 1. The second-order valence-corrected chi connectivity index (χ2v) is 3.99. The predicted molar refractivity (Wildman–Crippen MR) is 62.1 cm³/mol. The average molecular weight is 298 g/mol. The summed E-state index contributed by atoms with van der Waals surface area (Å²) < 4.78 is 5.53. The quantitative estimate of drug-likeness (QED) is 0.829. The lowest BCUT2D eigenvalue weighted by Crippen LogP contribution is -2.30. The molecule has 0 atom stereocenters.